The maximum Gasteiger partial charge on any atom is 0.350 e. The number of nitrogens with two attached hydrogens (primary N) is 1. The highest BCUT2D eigenvalue weighted by molar-refractivity contribution is 7.99. The molecular formula is C16H25N3O6S. The number of hydrogen-bond acceptors (Lipinski definition) is 9. The first-order chi connectivity index (χ1) is 12.4. The molecule has 146 valence electrons. The highest BCUT2D eigenvalue weighted by Gasteiger charge is 2.43. The number of nitrogens with zero attached hydrogens (tertiary/aromatic N) is 2. The summed E-state index contributed by atoms with van der Waals surface area (Å²) in [6, 6.07) is 0. The fourth-order valence-corrected chi connectivity index (χ4v) is 4.67. The van der Waals surface area contributed by atoms with Crippen LogP contribution in [0.1, 0.15) is 30.2 Å². The second-order valence-electron chi connectivity index (χ2n) is 6.71. The number of aliphatic hydroxyl groups is 4. The van der Waals surface area contributed by atoms with E-state index >= 15 is 0 Å². The molecule has 2 saturated heterocycles. The number of ether oxygens (including phenoxy) is 1. The van der Waals surface area contributed by atoms with E-state index in [1.165, 1.54) is 0 Å². The molecule has 0 aliphatic carbocycles. The molecule has 0 bridgehead atoms. The molecule has 2 aliphatic heterocycles. The molecule has 1 unspecified atom stereocenters. The number of aromatic nitrogens is 2. The summed E-state index contributed by atoms with van der Waals surface area (Å²) in [5.41, 5.74) is 6.16. The van der Waals surface area contributed by atoms with E-state index in [9.17, 15) is 25.2 Å². The molecule has 0 radical (unpaired) electrons. The highest BCUT2D eigenvalue weighted by atomic mass is 32.2. The van der Waals surface area contributed by atoms with Gasteiger partial charge < -0.3 is 30.9 Å². The molecule has 1 aromatic rings. The van der Waals surface area contributed by atoms with Crippen LogP contribution in [0.5, 0.6) is 0 Å². The second-order valence-corrected chi connectivity index (χ2v) is 8.00. The van der Waals surface area contributed by atoms with Crippen LogP contribution >= 0.6 is 11.8 Å². The quantitative estimate of drug-likeness (QED) is 0.412. The van der Waals surface area contributed by atoms with Crippen molar-refractivity contribution in [1.82, 2.24) is 9.55 Å². The summed E-state index contributed by atoms with van der Waals surface area (Å²) in [6.07, 6.45) is -1.43. The van der Waals surface area contributed by atoms with E-state index in [1.807, 2.05) is 0 Å². The number of aryl methyl sites for hydroxylation is 1. The molecule has 6 N–H and O–H groups in total. The zero-order valence-corrected chi connectivity index (χ0v) is 15.1. The van der Waals surface area contributed by atoms with Crippen LogP contribution in [-0.2, 0) is 11.2 Å². The monoisotopic (exact) mass is 387 g/mol. The van der Waals surface area contributed by atoms with Crippen LogP contribution in [0.25, 0.3) is 0 Å². The van der Waals surface area contributed by atoms with E-state index in [0.29, 0.717) is 18.4 Å². The summed E-state index contributed by atoms with van der Waals surface area (Å²) in [5.74, 6) is 1.14. The fourth-order valence-electron chi connectivity index (χ4n) is 3.42. The molecule has 10 heteroatoms. The number of anilines is 1. The lowest BCUT2D eigenvalue weighted by atomic mass is 9.92. The molecule has 9 nitrogen and oxygen atoms in total. The molecule has 0 amide bonds. The lowest BCUT2D eigenvalue weighted by Gasteiger charge is -2.40. The van der Waals surface area contributed by atoms with Gasteiger partial charge in [0.15, 0.2) is 0 Å². The number of rotatable bonds is 5. The maximum absolute atomic E-state index is 12.1. The smallest absolute Gasteiger partial charge is 0.350 e. The number of thioether (sulfide) groups is 1. The van der Waals surface area contributed by atoms with Gasteiger partial charge in [0.25, 0.3) is 0 Å². The van der Waals surface area contributed by atoms with E-state index in [-0.39, 0.29) is 16.9 Å². The lowest BCUT2D eigenvalue weighted by molar-refractivity contribution is -0.230. The minimum absolute atomic E-state index is 0.0570. The molecular weight excluding hydrogens is 362 g/mol. The van der Waals surface area contributed by atoms with E-state index in [1.54, 1.807) is 22.5 Å². The van der Waals surface area contributed by atoms with Crippen molar-refractivity contribution in [3.63, 3.8) is 0 Å². The molecule has 6 atom stereocenters. The van der Waals surface area contributed by atoms with Crippen molar-refractivity contribution >= 4 is 17.6 Å². The Bertz CT molecular complexity index is 678. The van der Waals surface area contributed by atoms with Gasteiger partial charge in [-0.05, 0) is 31.4 Å². The number of aliphatic hydroxyl groups excluding tert-OH is 4. The van der Waals surface area contributed by atoms with Crippen molar-refractivity contribution in [2.24, 2.45) is 0 Å². The summed E-state index contributed by atoms with van der Waals surface area (Å²) < 4.78 is 7.10. The van der Waals surface area contributed by atoms with Crippen molar-refractivity contribution in [1.29, 1.82) is 0 Å². The predicted octanol–water partition coefficient (Wildman–Crippen LogP) is -1.37. The summed E-state index contributed by atoms with van der Waals surface area (Å²) >= 11 is 1.70. The van der Waals surface area contributed by atoms with Gasteiger partial charge in [-0.25, -0.2) is 4.79 Å². The summed E-state index contributed by atoms with van der Waals surface area (Å²) in [7, 11) is 0. The fraction of sp³-hybridized carbons (Fsp3) is 0.750. The van der Waals surface area contributed by atoms with Crippen LogP contribution in [0, 0.1) is 0 Å². The molecule has 1 aromatic heterocycles. The Hall–Kier alpha value is -1.17. The van der Waals surface area contributed by atoms with Gasteiger partial charge in [0.05, 0.1) is 18.1 Å². The predicted molar refractivity (Wildman–Crippen MR) is 95.7 cm³/mol. The van der Waals surface area contributed by atoms with E-state index in [0.717, 1.165) is 18.6 Å². The first-order valence-corrected chi connectivity index (χ1v) is 9.77. The Morgan fingerprint density at radius 1 is 1.27 bits per heavy atom. The zero-order valence-electron chi connectivity index (χ0n) is 14.3. The average Bonchev–Trinajstić information content (AvgIpc) is 3.15. The van der Waals surface area contributed by atoms with Crippen molar-refractivity contribution in [2.75, 3.05) is 18.1 Å². The van der Waals surface area contributed by atoms with Gasteiger partial charge in [0.1, 0.15) is 30.2 Å². The molecule has 2 fully saturated rings. The minimum atomic E-state index is -1.40. The summed E-state index contributed by atoms with van der Waals surface area (Å²) in [4.78, 5) is 16.0. The largest absolute Gasteiger partial charge is 0.394 e. The van der Waals surface area contributed by atoms with E-state index in [2.05, 4.69) is 4.98 Å². The molecule has 0 aromatic carbocycles. The first-order valence-electron chi connectivity index (χ1n) is 8.72. The first kappa shape index (κ1) is 19.6. The van der Waals surface area contributed by atoms with Crippen LogP contribution in [0.4, 0.5) is 5.82 Å². The van der Waals surface area contributed by atoms with Crippen LogP contribution in [0.15, 0.2) is 11.0 Å². The third-order valence-corrected chi connectivity index (χ3v) is 6.34. The zero-order chi connectivity index (χ0) is 18.8. The molecule has 0 saturated carbocycles. The lowest BCUT2D eigenvalue weighted by Crippen LogP contribution is -2.58. The van der Waals surface area contributed by atoms with Gasteiger partial charge in [-0.1, -0.05) is 0 Å². The van der Waals surface area contributed by atoms with Crippen molar-refractivity contribution in [2.45, 2.75) is 61.6 Å². The van der Waals surface area contributed by atoms with Crippen LogP contribution in [0.2, 0.25) is 0 Å². The normalized spacial score (nSPS) is 34.9. The van der Waals surface area contributed by atoms with Crippen molar-refractivity contribution in [3.05, 3.63) is 22.2 Å². The van der Waals surface area contributed by atoms with E-state index < -0.39 is 37.1 Å². The minimum Gasteiger partial charge on any atom is -0.394 e. The SMILES string of the molecule is Nc1nc(=O)n(C2CCCS2)cc1CC[C@H]1O[C@H](CO)[C@@H](O)[C@H](O)[C@@H]1O. The maximum atomic E-state index is 12.1. The van der Waals surface area contributed by atoms with Crippen LogP contribution in [-0.4, -0.2) is 72.9 Å². The Labute approximate surface area is 154 Å². The molecule has 26 heavy (non-hydrogen) atoms. The van der Waals surface area contributed by atoms with E-state index in [4.69, 9.17) is 10.5 Å². The Kier molecular flexibility index (Phi) is 6.21. The number of nitrogen functional groups attached to an aromatic ring is 1. The van der Waals surface area contributed by atoms with Gasteiger partial charge in [0.2, 0.25) is 0 Å². The van der Waals surface area contributed by atoms with Crippen LogP contribution < -0.4 is 11.4 Å². The molecule has 3 rings (SSSR count). The summed E-state index contributed by atoms with van der Waals surface area (Å²) in [5, 5.41) is 39.1. The van der Waals surface area contributed by atoms with Gasteiger partial charge in [0, 0.05) is 11.8 Å². The Morgan fingerprint density at radius 3 is 2.65 bits per heavy atom. The van der Waals surface area contributed by atoms with Gasteiger partial charge >= 0.3 is 5.69 Å². The van der Waals surface area contributed by atoms with Crippen molar-refractivity contribution in [3.8, 4) is 0 Å². The van der Waals surface area contributed by atoms with Gasteiger partial charge in [-0.3, -0.25) is 4.57 Å². The van der Waals surface area contributed by atoms with Crippen LogP contribution in [0.3, 0.4) is 0 Å². The second kappa shape index (κ2) is 8.24. The van der Waals surface area contributed by atoms with Gasteiger partial charge in [-0.15, -0.1) is 11.8 Å². The summed E-state index contributed by atoms with van der Waals surface area (Å²) in [6.45, 7) is -0.463. The molecule has 0 spiro atoms. The molecule has 2 aliphatic rings. The topological polar surface area (TPSA) is 151 Å². The standard InChI is InChI=1S/C16H25N3O6S/c17-15-8(6-19(16(24)18-15)11-2-1-5-26-11)3-4-9-12(21)14(23)13(22)10(7-20)25-9/h6,9-14,20-23H,1-5,7H2,(H2,17,18,24)/t9-,10-,11?,12-,13-,14-/m1/s1. The third kappa shape index (κ3) is 3.90. The Balaban J connectivity index is 1.72. The molecule has 3 heterocycles. The van der Waals surface area contributed by atoms with Crippen molar-refractivity contribution < 1.29 is 25.2 Å². The Morgan fingerprint density at radius 2 is 2.00 bits per heavy atom. The number of hydrogen-bond donors (Lipinski definition) is 5. The van der Waals surface area contributed by atoms with Gasteiger partial charge in [-0.2, -0.15) is 4.98 Å². The highest BCUT2D eigenvalue weighted by Crippen LogP contribution is 2.34. The third-order valence-electron chi connectivity index (χ3n) is 4.97. The average molecular weight is 387 g/mol.